The molecule has 7 heteroatoms. The Bertz CT molecular complexity index is 682. The van der Waals surface area contributed by atoms with Gasteiger partial charge in [0.25, 0.3) is 5.91 Å². The Hall–Kier alpha value is -1.91. The first kappa shape index (κ1) is 16.5. The van der Waals surface area contributed by atoms with Gasteiger partial charge in [0.15, 0.2) is 0 Å². The predicted molar refractivity (Wildman–Crippen MR) is 87.9 cm³/mol. The number of nitriles is 1. The van der Waals surface area contributed by atoms with E-state index in [-0.39, 0.29) is 11.9 Å². The van der Waals surface area contributed by atoms with Gasteiger partial charge in [-0.2, -0.15) is 9.64 Å². The number of carbonyl (C=O) groups is 1. The van der Waals surface area contributed by atoms with E-state index in [1.165, 1.54) is 7.11 Å². The number of rotatable bonds is 6. The minimum Gasteiger partial charge on any atom is -0.480 e. The summed E-state index contributed by atoms with van der Waals surface area (Å²) in [7, 11) is 1.50. The first-order valence-electron chi connectivity index (χ1n) is 6.59. The van der Waals surface area contributed by atoms with Gasteiger partial charge in [0.1, 0.15) is 9.35 Å². The summed E-state index contributed by atoms with van der Waals surface area (Å²) in [6.07, 6.45) is 0.923. The molecule has 22 heavy (non-hydrogen) atoms. The highest BCUT2D eigenvalue weighted by Crippen LogP contribution is 2.31. The minimum atomic E-state index is -0.237. The Kier molecular flexibility index (Phi) is 5.92. The van der Waals surface area contributed by atoms with Crippen LogP contribution in [0, 0.1) is 11.3 Å². The van der Waals surface area contributed by atoms with Crippen LogP contribution in [-0.4, -0.2) is 17.4 Å². The highest BCUT2D eigenvalue weighted by Gasteiger charge is 2.22. The van der Waals surface area contributed by atoms with Gasteiger partial charge >= 0.3 is 0 Å². The third-order valence-electron chi connectivity index (χ3n) is 3.06. The number of hydrogen-bond donors (Lipinski definition) is 1. The summed E-state index contributed by atoms with van der Waals surface area (Å²) in [4.78, 5) is 12.9. The number of benzene rings is 1. The van der Waals surface area contributed by atoms with Crippen LogP contribution in [0.2, 0.25) is 0 Å². The van der Waals surface area contributed by atoms with Crippen molar-refractivity contribution < 1.29 is 9.53 Å². The molecule has 0 aliphatic heterocycles. The maximum atomic E-state index is 12.4. The summed E-state index contributed by atoms with van der Waals surface area (Å²) < 4.78 is 9.66. The van der Waals surface area contributed by atoms with Gasteiger partial charge in [-0.05, 0) is 39.4 Å². The van der Waals surface area contributed by atoms with E-state index in [1.54, 1.807) is 0 Å². The number of hydrogen-bond acceptors (Lipinski definition) is 5. The number of aromatic nitrogens is 1. The van der Waals surface area contributed by atoms with Gasteiger partial charge in [-0.1, -0.05) is 30.3 Å². The summed E-state index contributed by atoms with van der Waals surface area (Å²) >= 11 is 4.39. The van der Waals surface area contributed by atoms with E-state index in [0.29, 0.717) is 28.1 Å². The smallest absolute Gasteiger partial charge is 0.264 e. The van der Waals surface area contributed by atoms with Crippen LogP contribution < -0.4 is 10.1 Å². The van der Waals surface area contributed by atoms with Crippen LogP contribution in [0.25, 0.3) is 0 Å². The molecule has 0 spiro atoms. The van der Waals surface area contributed by atoms with Crippen molar-refractivity contribution in [3.05, 3.63) is 45.2 Å². The van der Waals surface area contributed by atoms with Crippen LogP contribution in [0.1, 0.15) is 34.1 Å². The zero-order valence-corrected chi connectivity index (χ0v) is 14.3. The van der Waals surface area contributed by atoms with E-state index in [1.807, 2.05) is 30.3 Å². The van der Waals surface area contributed by atoms with Crippen LogP contribution in [-0.2, 0) is 0 Å². The molecule has 1 unspecified atom stereocenters. The number of ether oxygens (including phenoxy) is 1. The summed E-state index contributed by atoms with van der Waals surface area (Å²) in [5.74, 6) is 0.155. The molecule has 2 rings (SSSR count). The molecule has 0 fully saturated rings. The average Bonchev–Trinajstić information content (AvgIpc) is 2.93. The molecule has 0 bridgehead atoms. The summed E-state index contributed by atoms with van der Waals surface area (Å²) in [6.45, 7) is 0. The molecule has 2 aromatic rings. The van der Waals surface area contributed by atoms with Crippen LogP contribution in [0.15, 0.2) is 34.8 Å². The largest absolute Gasteiger partial charge is 0.480 e. The van der Waals surface area contributed by atoms with Crippen molar-refractivity contribution >= 4 is 33.4 Å². The van der Waals surface area contributed by atoms with Crippen molar-refractivity contribution in [3.63, 3.8) is 0 Å². The fourth-order valence-electron chi connectivity index (χ4n) is 1.97. The van der Waals surface area contributed by atoms with Gasteiger partial charge in [-0.3, -0.25) is 4.79 Å². The summed E-state index contributed by atoms with van der Waals surface area (Å²) in [5, 5.41) is 11.8. The minimum absolute atomic E-state index is 0.214. The lowest BCUT2D eigenvalue weighted by atomic mass is 10.0. The van der Waals surface area contributed by atoms with Crippen molar-refractivity contribution in [2.75, 3.05) is 7.11 Å². The molecule has 5 nitrogen and oxygen atoms in total. The van der Waals surface area contributed by atoms with Crippen LogP contribution in [0.3, 0.4) is 0 Å². The van der Waals surface area contributed by atoms with E-state index in [9.17, 15) is 4.79 Å². The van der Waals surface area contributed by atoms with E-state index in [2.05, 4.69) is 31.7 Å². The second-order valence-corrected chi connectivity index (χ2v) is 6.03. The first-order valence-corrected chi connectivity index (χ1v) is 8.16. The maximum absolute atomic E-state index is 12.4. The zero-order valence-electron chi connectivity index (χ0n) is 11.9. The van der Waals surface area contributed by atoms with Crippen LogP contribution in [0.5, 0.6) is 5.88 Å². The maximum Gasteiger partial charge on any atom is 0.264 e. The Morgan fingerprint density at radius 2 is 2.23 bits per heavy atom. The molecule has 1 aromatic carbocycles. The second-order valence-electron chi connectivity index (χ2n) is 4.47. The Balaban J connectivity index is 2.17. The number of amides is 1. The van der Waals surface area contributed by atoms with Gasteiger partial charge in [-0.25, -0.2) is 0 Å². The van der Waals surface area contributed by atoms with Crippen LogP contribution >= 0.6 is 27.5 Å². The van der Waals surface area contributed by atoms with Gasteiger partial charge in [0, 0.05) is 6.42 Å². The topological polar surface area (TPSA) is 75.0 Å². The standard InChI is InChI=1S/C15H14BrN3O2S/c1-21-15-12(16)13(22-19-15)14(20)18-11(8-5-9-17)10-6-3-2-4-7-10/h2-4,6-7,11H,5,8H2,1H3,(H,18,20). The Labute approximate surface area is 141 Å². The van der Waals surface area contributed by atoms with Gasteiger partial charge < -0.3 is 10.1 Å². The molecule has 0 aliphatic carbocycles. The number of carbonyl (C=O) groups excluding carboxylic acids is 1. The molecule has 0 saturated carbocycles. The molecule has 1 heterocycles. The predicted octanol–water partition coefficient (Wildman–Crippen LogP) is 3.69. The molecule has 0 aliphatic rings. The molecule has 1 N–H and O–H groups in total. The summed E-state index contributed by atoms with van der Waals surface area (Å²) in [5.41, 5.74) is 0.971. The van der Waals surface area contributed by atoms with Gasteiger partial charge in [0.05, 0.1) is 19.2 Å². The fourth-order valence-corrected chi connectivity index (χ4v) is 3.39. The zero-order chi connectivity index (χ0) is 15.9. The third-order valence-corrected chi connectivity index (χ3v) is 4.89. The monoisotopic (exact) mass is 379 g/mol. The normalized spacial score (nSPS) is 11.5. The van der Waals surface area contributed by atoms with E-state index < -0.39 is 0 Å². The van der Waals surface area contributed by atoms with Crippen molar-refractivity contribution in [1.29, 1.82) is 5.26 Å². The third kappa shape index (κ3) is 3.84. The lowest BCUT2D eigenvalue weighted by molar-refractivity contribution is 0.0938. The van der Waals surface area contributed by atoms with Gasteiger partial charge in [0.2, 0.25) is 5.88 Å². The average molecular weight is 380 g/mol. The van der Waals surface area contributed by atoms with E-state index >= 15 is 0 Å². The molecular weight excluding hydrogens is 366 g/mol. The molecule has 1 atom stereocenters. The van der Waals surface area contributed by atoms with Crippen molar-refractivity contribution in [1.82, 2.24) is 9.69 Å². The van der Waals surface area contributed by atoms with E-state index in [0.717, 1.165) is 17.1 Å². The molecule has 114 valence electrons. The van der Waals surface area contributed by atoms with Crippen molar-refractivity contribution in [3.8, 4) is 11.9 Å². The first-order chi connectivity index (χ1) is 10.7. The van der Waals surface area contributed by atoms with Crippen molar-refractivity contribution in [2.45, 2.75) is 18.9 Å². The summed E-state index contributed by atoms with van der Waals surface area (Å²) in [6, 6.07) is 11.5. The molecular formula is C15H14BrN3O2S. The fraction of sp³-hybridized carbons (Fsp3) is 0.267. The Morgan fingerprint density at radius 1 is 1.50 bits per heavy atom. The molecule has 0 saturated heterocycles. The number of nitrogens with zero attached hydrogens (tertiary/aromatic N) is 2. The number of nitrogens with one attached hydrogen (secondary N) is 1. The second kappa shape index (κ2) is 7.92. The highest BCUT2D eigenvalue weighted by atomic mass is 79.9. The van der Waals surface area contributed by atoms with Gasteiger partial charge in [-0.15, -0.1) is 0 Å². The van der Waals surface area contributed by atoms with Crippen LogP contribution in [0.4, 0.5) is 0 Å². The van der Waals surface area contributed by atoms with E-state index in [4.69, 9.17) is 10.00 Å². The quantitative estimate of drug-likeness (QED) is 0.830. The number of methoxy groups -OCH3 is 1. The lowest BCUT2D eigenvalue weighted by Crippen LogP contribution is -2.28. The Morgan fingerprint density at radius 3 is 2.82 bits per heavy atom. The number of halogens is 1. The SMILES string of the molecule is COc1nsc(C(=O)NC(CCC#N)c2ccccc2)c1Br. The molecule has 0 radical (unpaired) electrons. The van der Waals surface area contributed by atoms with Crippen molar-refractivity contribution in [2.24, 2.45) is 0 Å². The molecule has 1 amide bonds. The molecule has 1 aromatic heterocycles. The lowest BCUT2D eigenvalue weighted by Gasteiger charge is -2.17. The highest BCUT2D eigenvalue weighted by molar-refractivity contribution is 9.10.